The molecule has 3 fully saturated rings. The first-order valence-corrected chi connectivity index (χ1v) is 7.16. The van der Waals surface area contributed by atoms with Crippen LogP contribution in [0.2, 0.25) is 0 Å². The van der Waals surface area contributed by atoms with E-state index in [1.807, 2.05) is 4.90 Å². The Hall–Kier alpha value is -0.650. The van der Waals surface area contributed by atoms with Crippen LogP contribution in [0.1, 0.15) is 12.8 Å². The maximum atomic E-state index is 12.2. The van der Waals surface area contributed by atoms with E-state index >= 15 is 0 Å². The highest BCUT2D eigenvalue weighted by Crippen LogP contribution is 2.29. The number of rotatable bonds is 3. The van der Waals surface area contributed by atoms with Crippen molar-refractivity contribution in [3.05, 3.63) is 0 Å². The number of hydrogen-bond acceptors (Lipinski definition) is 4. The van der Waals surface area contributed by atoms with Crippen LogP contribution >= 0.6 is 0 Å². The van der Waals surface area contributed by atoms with Gasteiger partial charge in [-0.05, 0) is 18.8 Å². The summed E-state index contributed by atoms with van der Waals surface area (Å²) in [6.45, 7) is 7.21. The number of morpholine rings is 1. The lowest BCUT2D eigenvalue weighted by Crippen LogP contribution is -2.55. The Bertz CT molecular complexity index is 293. The largest absolute Gasteiger partial charge is 0.366 e. The third kappa shape index (κ3) is 3.02. The lowest BCUT2D eigenvalue weighted by atomic mass is 10.2. The second-order valence-corrected chi connectivity index (χ2v) is 5.63. The molecule has 2 saturated heterocycles. The number of carbonyl (C=O) groups excluding carboxylic acids is 1. The molecule has 1 atom stereocenters. The topological polar surface area (TPSA) is 44.8 Å². The molecule has 1 amide bonds. The van der Waals surface area contributed by atoms with E-state index < -0.39 is 0 Å². The molecule has 18 heavy (non-hydrogen) atoms. The number of nitrogens with one attached hydrogen (secondary N) is 1. The average molecular weight is 253 g/mol. The van der Waals surface area contributed by atoms with Crippen LogP contribution in [0.4, 0.5) is 0 Å². The van der Waals surface area contributed by atoms with E-state index in [4.69, 9.17) is 4.74 Å². The molecule has 0 aromatic rings. The van der Waals surface area contributed by atoms with Crippen molar-refractivity contribution in [2.24, 2.45) is 5.92 Å². The van der Waals surface area contributed by atoms with E-state index in [1.165, 1.54) is 19.4 Å². The smallest absolute Gasteiger partial charge is 0.253 e. The van der Waals surface area contributed by atoms with Gasteiger partial charge in [0.1, 0.15) is 6.10 Å². The van der Waals surface area contributed by atoms with Gasteiger partial charge in [-0.2, -0.15) is 0 Å². The van der Waals surface area contributed by atoms with Crippen LogP contribution in [-0.4, -0.2) is 74.2 Å². The van der Waals surface area contributed by atoms with Gasteiger partial charge in [0.15, 0.2) is 0 Å². The molecule has 1 N–H and O–H groups in total. The number of carbonyl (C=O) groups is 1. The quantitative estimate of drug-likeness (QED) is 0.738. The molecule has 2 heterocycles. The summed E-state index contributed by atoms with van der Waals surface area (Å²) in [6.07, 6.45) is 2.55. The van der Waals surface area contributed by atoms with Crippen LogP contribution in [-0.2, 0) is 9.53 Å². The van der Waals surface area contributed by atoms with E-state index in [-0.39, 0.29) is 12.0 Å². The second-order valence-electron chi connectivity index (χ2n) is 5.63. The zero-order valence-electron chi connectivity index (χ0n) is 10.9. The summed E-state index contributed by atoms with van der Waals surface area (Å²) in [6, 6.07) is 0. The number of hydrogen-bond donors (Lipinski definition) is 1. The van der Waals surface area contributed by atoms with Gasteiger partial charge in [-0.15, -0.1) is 0 Å². The zero-order chi connectivity index (χ0) is 12.4. The fourth-order valence-electron chi connectivity index (χ4n) is 2.74. The van der Waals surface area contributed by atoms with Crippen molar-refractivity contribution in [3.8, 4) is 0 Å². The molecule has 3 aliphatic rings. The molecule has 5 heteroatoms. The summed E-state index contributed by atoms with van der Waals surface area (Å²) in [4.78, 5) is 16.7. The summed E-state index contributed by atoms with van der Waals surface area (Å²) >= 11 is 0. The Balaban J connectivity index is 1.44. The highest BCUT2D eigenvalue weighted by molar-refractivity contribution is 5.81. The van der Waals surface area contributed by atoms with Gasteiger partial charge in [-0.3, -0.25) is 9.69 Å². The van der Waals surface area contributed by atoms with Crippen molar-refractivity contribution in [2.45, 2.75) is 18.9 Å². The van der Waals surface area contributed by atoms with Crippen LogP contribution in [0.3, 0.4) is 0 Å². The first-order chi connectivity index (χ1) is 8.83. The molecule has 0 aromatic heterocycles. The molecule has 1 saturated carbocycles. The number of amides is 1. The summed E-state index contributed by atoms with van der Waals surface area (Å²) in [7, 11) is 0. The van der Waals surface area contributed by atoms with Gasteiger partial charge in [0.2, 0.25) is 0 Å². The Morgan fingerprint density at radius 1 is 1.22 bits per heavy atom. The molecule has 1 aliphatic carbocycles. The minimum absolute atomic E-state index is 0.174. The first-order valence-electron chi connectivity index (χ1n) is 7.16. The predicted octanol–water partition coefficient (Wildman–Crippen LogP) is -0.471. The van der Waals surface area contributed by atoms with E-state index in [1.54, 1.807) is 0 Å². The lowest BCUT2D eigenvalue weighted by Gasteiger charge is -2.37. The standard InChI is InChI=1S/C13H23N3O2/c17-13(12-9-14-3-8-18-12)16-6-4-15(5-7-16)10-11-1-2-11/h11-12,14H,1-10H2. The van der Waals surface area contributed by atoms with Gasteiger partial charge < -0.3 is 15.0 Å². The predicted molar refractivity (Wildman–Crippen MR) is 68.4 cm³/mol. The average Bonchev–Trinajstić information content (AvgIpc) is 3.24. The SMILES string of the molecule is O=C(C1CNCCO1)N1CCN(CC2CC2)CC1. The summed E-state index contributed by atoms with van der Waals surface area (Å²) in [5.41, 5.74) is 0. The Morgan fingerprint density at radius 3 is 2.61 bits per heavy atom. The van der Waals surface area contributed by atoms with Crippen molar-refractivity contribution in [1.82, 2.24) is 15.1 Å². The van der Waals surface area contributed by atoms with Gasteiger partial charge in [0.05, 0.1) is 6.61 Å². The molecule has 2 aliphatic heterocycles. The van der Waals surface area contributed by atoms with Gasteiger partial charge in [-0.25, -0.2) is 0 Å². The highest BCUT2D eigenvalue weighted by atomic mass is 16.5. The van der Waals surface area contributed by atoms with Crippen LogP contribution in [0.5, 0.6) is 0 Å². The maximum absolute atomic E-state index is 12.2. The van der Waals surface area contributed by atoms with E-state index in [9.17, 15) is 4.79 Å². The van der Waals surface area contributed by atoms with Gasteiger partial charge in [0.25, 0.3) is 5.91 Å². The molecule has 0 bridgehead atoms. The molecule has 0 spiro atoms. The zero-order valence-corrected chi connectivity index (χ0v) is 10.9. The molecule has 3 rings (SSSR count). The number of piperazine rings is 1. The van der Waals surface area contributed by atoms with Crippen LogP contribution in [0, 0.1) is 5.92 Å². The van der Waals surface area contributed by atoms with Crippen molar-refractivity contribution < 1.29 is 9.53 Å². The lowest BCUT2D eigenvalue weighted by molar-refractivity contribution is -0.147. The molecule has 0 radical (unpaired) electrons. The number of ether oxygens (including phenoxy) is 1. The van der Waals surface area contributed by atoms with Gasteiger partial charge in [-0.1, -0.05) is 0 Å². The molecule has 1 unspecified atom stereocenters. The van der Waals surface area contributed by atoms with Gasteiger partial charge in [0, 0.05) is 45.8 Å². The minimum atomic E-state index is -0.256. The molecular weight excluding hydrogens is 230 g/mol. The van der Waals surface area contributed by atoms with E-state index in [0.717, 1.165) is 38.6 Å². The monoisotopic (exact) mass is 253 g/mol. The van der Waals surface area contributed by atoms with Crippen molar-refractivity contribution in [1.29, 1.82) is 0 Å². The fraction of sp³-hybridized carbons (Fsp3) is 0.923. The highest BCUT2D eigenvalue weighted by Gasteiger charge is 2.31. The summed E-state index contributed by atoms with van der Waals surface area (Å²) in [5.74, 6) is 1.12. The normalized spacial score (nSPS) is 30.4. The molecule has 102 valence electrons. The summed E-state index contributed by atoms with van der Waals surface area (Å²) in [5, 5.41) is 3.22. The Kier molecular flexibility index (Phi) is 3.82. The van der Waals surface area contributed by atoms with Gasteiger partial charge >= 0.3 is 0 Å². The minimum Gasteiger partial charge on any atom is -0.366 e. The van der Waals surface area contributed by atoms with Crippen molar-refractivity contribution in [3.63, 3.8) is 0 Å². The first kappa shape index (κ1) is 12.4. The third-order valence-corrected chi connectivity index (χ3v) is 4.10. The van der Waals surface area contributed by atoms with Crippen molar-refractivity contribution >= 4 is 5.91 Å². The molecular formula is C13H23N3O2. The van der Waals surface area contributed by atoms with Crippen LogP contribution < -0.4 is 5.32 Å². The van der Waals surface area contributed by atoms with E-state index in [2.05, 4.69) is 10.2 Å². The third-order valence-electron chi connectivity index (χ3n) is 4.10. The maximum Gasteiger partial charge on any atom is 0.253 e. The Morgan fingerprint density at radius 2 is 2.00 bits per heavy atom. The molecule has 5 nitrogen and oxygen atoms in total. The Labute approximate surface area is 108 Å². The second kappa shape index (κ2) is 5.55. The number of nitrogens with zero attached hydrogens (tertiary/aromatic N) is 2. The van der Waals surface area contributed by atoms with Crippen LogP contribution in [0.25, 0.3) is 0 Å². The summed E-state index contributed by atoms with van der Waals surface area (Å²) < 4.78 is 5.53. The molecule has 0 aromatic carbocycles. The van der Waals surface area contributed by atoms with Crippen molar-refractivity contribution in [2.75, 3.05) is 52.4 Å². The van der Waals surface area contributed by atoms with Crippen LogP contribution in [0.15, 0.2) is 0 Å². The van der Waals surface area contributed by atoms with E-state index in [0.29, 0.717) is 13.2 Å². The fourth-order valence-corrected chi connectivity index (χ4v) is 2.74.